The molecule has 3 rings (SSSR count). The molecular formula is C17H17NO3. The van der Waals surface area contributed by atoms with Crippen molar-refractivity contribution in [1.82, 2.24) is 4.57 Å². The number of fused-ring (bicyclic) bond motifs is 3. The molecule has 2 aromatic rings. The number of benzene rings is 1. The van der Waals surface area contributed by atoms with Gasteiger partial charge in [0.15, 0.2) is 6.29 Å². The lowest BCUT2D eigenvalue weighted by Gasteiger charge is -2.20. The fourth-order valence-corrected chi connectivity index (χ4v) is 3.11. The van der Waals surface area contributed by atoms with Crippen molar-refractivity contribution in [2.75, 3.05) is 6.61 Å². The van der Waals surface area contributed by atoms with Gasteiger partial charge >= 0.3 is 5.97 Å². The van der Waals surface area contributed by atoms with Crippen LogP contribution in [0.4, 0.5) is 0 Å². The van der Waals surface area contributed by atoms with E-state index in [9.17, 15) is 9.59 Å². The van der Waals surface area contributed by atoms with Crippen LogP contribution in [0.3, 0.4) is 0 Å². The molecule has 0 bridgehead atoms. The van der Waals surface area contributed by atoms with Crippen molar-refractivity contribution in [3.05, 3.63) is 46.6 Å². The number of rotatable bonds is 3. The molecule has 0 fully saturated rings. The number of nitrogens with zero attached hydrogens (tertiary/aromatic N) is 1. The van der Waals surface area contributed by atoms with Crippen LogP contribution in [0.15, 0.2) is 24.3 Å². The summed E-state index contributed by atoms with van der Waals surface area (Å²) in [5, 5.41) is 0. The molecule has 1 aliphatic heterocycles. The van der Waals surface area contributed by atoms with Gasteiger partial charge in [0.25, 0.3) is 0 Å². The standard InChI is InChI=1S/C17H17NO3/c1-3-21-17(20)15-11(2)18-9-8-12-6-4-5-7-13(12)16(18)14(15)10-19/h4-7,10H,3,8-9H2,1-2H3. The first-order valence-electron chi connectivity index (χ1n) is 7.12. The Hall–Kier alpha value is -2.36. The summed E-state index contributed by atoms with van der Waals surface area (Å²) in [6.45, 7) is 4.71. The van der Waals surface area contributed by atoms with Crippen LogP contribution in [0, 0.1) is 6.92 Å². The summed E-state index contributed by atoms with van der Waals surface area (Å²) < 4.78 is 7.16. The number of aldehydes is 1. The summed E-state index contributed by atoms with van der Waals surface area (Å²) in [5.74, 6) is -0.420. The molecule has 0 aliphatic carbocycles. The molecule has 4 heteroatoms. The molecule has 1 aliphatic rings. The first-order chi connectivity index (χ1) is 10.2. The van der Waals surface area contributed by atoms with Gasteiger partial charge in [-0.1, -0.05) is 24.3 Å². The predicted octanol–water partition coefficient (Wildman–Crippen LogP) is 3.01. The summed E-state index contributed by atoms with van der Waals surface area (Å²) in [5.41, 5.74) is 4.73. The van der Waals surface area contributed by atoms with E-state index in [-0.39, 0.29) is 0 Å². The van der Waals surface area contributed by atoms with Crippen molar-refractivity contribution in [2.24, 2.45) is 0 Å². The Balaban J connectivity index is 2.27. The quantitative estimate of drug-likeness (QED) is 0.642. The van der Waals surface area contributed by atoms with Crippen LogP contribution in [0.2, 0.25) is 0 Å². The molecule has 21 heavy (non-hydrogen) atoms. The van der Waals surface area contributed by atoms with E-state index in [0.29, 0.717) is 17.7 Å². The maximum absolute atomic E-state index is 12.2. The maximum atomic E-state index is 12.2. The summed E-state index contributed by atoms with van der Waals surface area (Å²) >= 11 is 0. The highest BCUT2D eigenvalue weighted by Crippen LogP contribution is 2.36. The zero-order chi connectivity index (χ0) is 15.0. The average Bonchev–Trinajstić information content (AvgIpc) is 2.80. The number of aryl methyl sites for hydroxylation is 1. The summed E-state index contributed by atoms with van der Waals surface area (Å²) in [4.78, 5) is 23.8. The van der Waals surface area contributed by atoms with E-state index >= 15 is 0 Å². The largest absolute Gasteiger partial charge is 0.462 e. The van der Waals surface area contributed by atoms with E-state index in [4.69, 9.17) is 4.74 Å². The first kappa shape index (κ1) is 13.6. The lowest BCUT2D eigenvalue weighted by Crippen LogP contribution is -2.12. The van der Waals surface area contributed by atoms with Gasteiger partial charge in [-0.2, -0.15) is 0 Å². The molecule has 0 unspecified atom stereocenters. The Morgan fingerprint density at radius 2 is 2.14 bits per heavy atom. The van der Waals surface area contributed by atoms with Crippen molar-refractivity contribution in [2.45, 2.75) is 26.8 Å². The molecule has 0 saturated carbocycles. The molecule has 0 saturated heterocycles. The molecule has 2 heterocycles. The molecule has 0 N–H and O–H groups in total. The number of ether oxygens (including phenoxy) is 1. The summed E-state index contributed by atoms with van der Waals surface area (Å²) in [7, 11) is 0. The van der Waals surface area contributed by atoms with Crippen molar-refractivity contribution in [1.29, 1.82) is 0 Å². The number of hydrogen-bond acceptors (Lipinski definition) is 3. The highest BCUT2D eigenvalue weighted by molar-refractivity contribution is 6.04. The zero-order valence-corrected chi connectivity index (χ0v) is 12.2. The van der Waals surface area contributed by atoms with Gasteiger partial charge in [-0.15, -0.1) is 0 Å². The third-order valence-electron chi connectivity index (χ3n) is 4.04. The third kappa shape index (κ3) is 1.98. The van der Waals surface area contributed by atoms with Crippen molar-refractivity contribution in [3.8, 4) is 11.3 Å². The second-order valence-corrected chi connectivity index (χ2v) is 5.12. The van der Waals surface area contributed by atoms with Gasteiger partial charge in [-0.3, -0.25) is 4.79 Å². The second kappa shape index (κ2) is 5.20. The van der Waals surface area contributed by atoms with Gasteiger partial charge in [0.2, 0.25) is 0 Å². The highest BCUT2D eigenvalue weighted by atomic mass is 16.5. The van der Waals surface area contributed by atoms with E-state index in [2.05, 4.69) is 10.6 Å². The lowest BCUT2D eigenvalue weighted by atomic mass is 9.96. The zero-order valence-electron chi connectivity index (χ0n) is 12.2. The minimum atomic E-state index is -0.420. The number of aromatic nitrogens is 1. The minimum absolute atomic E-state index is 0.299. The van der Waals surface area contributed by atoms with Crippen molar-refractivity contribution in [3.63, 3.8) is 0 Å². The van der Waals surface area contributed by atoms with Gasteiger partial charge in [0, 0.05) is 17.8 Å². The van der Waals surface area contributed by atoms with Gasteiger partial charge in [0.05, 0.1) is 23.4 Å². The SMILES string of the molecule is CCOC(=O)c1c(C=O)c2n(c1C)CCc1ccccc1-2. The fraction of sp³-hybridized carbons (Fsp3) is 0.294. The Labute approximate surface area is 123 Å². The van der Waals surface area contributed by atoms with Crippen LogP contribution in [-0.2, 0) is 17.7 Å². The van der Waals surface area contributed by atoms with Crippen molar-refractivity contribution >= 4 is 12.3 Å². The molecule has 1 aromatic carbocycles. The molecule has 0 spiro atoms. The van der Waals surface area contributed by atoms with E-state index < -0.39 is 5.97 Å². The number of hydrogen-bond donors (Lipinski definition) is 0. The molecule has 0 atom stereocenters. The Morgan fingerprint density at radius 1 is 1.38 bits per heavy atom. The smallest absolute Gasteiger partial charge is 0.340 e. The van der Waals surface area contributed by atoms with Gasteiger partial charge in [-0.05, 0) is 25.8 Å². The number of esters is 1. The topological polar surface area (TPSA) is 48.3 Å². The third-order valence-corrected chi connectivity index (χ3v) is 4.04. The van der Waals surface area contributed by atoms with Crippen LogP contribution in [0.1, 0.15) is 38.9 Å². The second-order valence-electron chi connectivity index (χ2n) is 5.12. The molecular weight excluding hydrogens is 266 g/mol. The molecule has 0 amide bonds. The molecule has 108 valence electrons. The minimum Gasteiger partial charge on any atom is -0.462 e. The van der Waals surface area contributed by atoms with Crippen LogP contribution < -0.4 is 0 Å². The maximum Gasteiger partial charge on any atom is 0.340 e. The van der Waals surface area contributed by atoms with Crippen molar-refractivity contribution < 1.29 is 14.3 Å². The summed E-state index contributed by atoms with van der Waals surface area (Å²) in [6, 6.07) is 8.02. The van der Waals surface area contributed by atoms with Crippen LogP contribution >= 0.6 is 0 Å². The number of carbonyl (C=O) groups is 2. The van der Waals surface area contributed by atoms with E-state index in [1.807, 2.05) is 25.1 Å². The van der Waals surface area contributed by atoms with E-state index in [1.54, 1.807) is 6.92 Å². The highest BCUT2D eigenvalue weighted by Gasteiger charge is 2.29. The van der Waals surface area contributed by atoms with Gasteiger partial charge < -0.3 is 9.30 Å². The van der Waals surface area contributed by atoms with Crippen LogP contribution in [0.5, 0.6) is 0 Å². The molecule has 4 nitrogen and oxygen atoms in total. The van der Waals surface area contributed by atoms with E-state index in [0.717, 1.165) is 36.2 Å². The fourth-order valence-electron chi connectivity index (χ4n) is 3.11. The van der Waals surface area contributed by atoms with Gasteiger partial charge in [-0.25, -0.2) is 4.79 Å². The van der Waals surface area contributed by atoms with Crippen LogP contribution in [-0.4, -0.2) is 23.4 Å². The predicted molar refractivity (Wildman–Crippen MR) is 79.7 cm³/mol. The number of carbonyl (C=O) groups excluding carboxylic acids is 2. The lowest BCUT2D eigenvalue weighted by molar-refractivity contribution is 0.0523. The molecule has 1 aromatic heterocycles. The normalized spacial score (nSPS) is 12.5. The van der Waals surface area contributed by atoms with Gasteiger partial charge in [0.1, 0.15) is 0 Å². The average molecular weight is 283 g/mol. The molecule has 0 radical (unpaired) electrons. The summed E-state index contributed by atoms with van der Waals surface area (Å²) in [6.07, 6.45) is 1.67. The Kier molecular flexibility index (Phi) is 3.37. The Morgan fingerprint density at radius 3 is 2.86 bits per heavy atom. The monoisotopic (exact) mass is 283 g/mol. The van der Waals surface area contributed by atoms with E-state index in [1.165, 1.54) is 5.56 Å². The Bertz CT molecular complexity index is 728. The van der Waals surface area contributed by atoms with Crippen LogP contribution in [0.25, 0.3) is 11.3 Å². The first-order valence-corrected chi connectivity index (χ1v) is 7.12.